The molecule has 3 nitrogen and oxygen atoms in total. The molecule has 110 valence electrons. The number of nitrogens with zero attached hydrogens (tertiary/aromatic N) is 1. The number of hydrogen-bond donors (Lipinski definition) is 1. The minimum absolute atomic E-state index is 0.851. The van der Waals surface area contributed by atoms with Crippen LogP contribution in [0.5, 0.6) is 5.75 Å². The Morgan fingerprint density at radius 1 is 1.14 bits per heavy atom. The molecular formula is C18H22N2O. The van der Waals surface area contributed by atoms with Crippen LogP contribution in [0.15, 0.2) is 42.5 Å². The van der Waals surface area contributed by atoms with E-state index in [0.717, 1.165) is 24.5 Å². The summed E-state index contributed by atoms with van der Waals surface area (Å²) in [5.74, 6) is 0.886. The van der Waals surface area contributed by atoms with Gasteiger partial charge in [0.25, 0.3) is 0 Å². The van der Waals surface area contributed by atoms with Gasteiger partial charge in [0, 0.05) is 31.5 Å². The Balaban J connectivity index is 1.67. The van der Waals surface area contributed by atoms with E-state index in [1.54, 1.807) is 7.11 Å². The van der Waals surface area contributed by atoms with Crippen LogP contribution in [0.4, 0.5) is 11.4 Å². The molecule has 2 aromatic rings. The van der Waals surface area contributed by atoms with Crippen LogP contribution in [0.25, 0.3) is 0 Å². The predicted molar refractivity (Wildman–Crippen MR) is 88.4 cm³/mol. The van der Waals surface area contributed by atoms with E-state index >= 15 is 0 Å². The predicted octanol–water partition coefficient (Wildman–Crippen LogP) is 3.69. The molecule has 21 heavy (non-hydrogen) atoms. The third kappa shape index (κ3) is 3.13. The smallest absolute Gasteiger partial charge is 0.119 e. The van der Waals surface area contributed by atoms with Crippen LogP contribution in [-0.2, 0) is 13.0 Å². The molecular weight excluding hydrogens is 260 g/mol. The van der Waals surface area contributed by atoms with E-state index < -0.39 is 0 Å². The van der Waals surface area contributed by atoms with Gasteiger partial charge in [-0.3, -0.25) is 0 Å². The van der Waals surface area contributed by atoms with Crippen LogP contribution >= 0.6 is 0 Å². The number of nitrogens with one attached hydrogen (secondary N) is 1. The molecule has 1 N–H and O–H groups in total. The van der Waals surface area contributed by atoms with Crippen molar-refractivity contribution in [3.8, 4) is 5.75 Å². The molecule has 0 bridgehead atoms. The Labute approximate surface area is 126 Å². The van der Waals surface area contributed by atoms with Crippen LogP contribution in [0, 0.1) is 0 Å². The van der Waals surface area contributed by atoms with Gasteiger partial charge in [-0.1, -0.05) is 12.1 Å². The summed E-state index contributed by atoms with van der Waals surface area (Å²) in [6.45, 7) is 2.01. The standard InChI is InChI=1S/C18H22N2O/c1-20-11-3-4-15-12-14(5-10-18(15)20)13-19-16-6-8-17(21-2)9-7-16/h5-10,12,19H,3-4,11,13H2,1-2H3. The van der Waals surface area contributed by atoms with Crippen molar-refractivity contribution in [3.05, 3.63) is 53.6 Å². The van der Waals surface area contributed by atoms with Crippen molar-refractivity contribution >= 4 is 11.4 Å². The van der Waals surface area contributed by atoms with E-state index in [2.05, 4.69) is 35.5 Å². The number of hydrogen-bond acceptors (Lipinski definition) is 3. The van der Waals surface area contributed by atoms with Crippen molar-refractivity contribution < 1.29 is 4.74 Å². The highest BCUT2D eigenvalue weighted by Gasteiger charge is 2.13. The summed E-state index contributed by atoms with van der Waals surface area (Å²) in [5, 5.41) is 3.46. The third-order valence-corrected chi connectivity index (χ3v) is 4.08. The maximum Gasteiger partial charge on any atom is 0.119 e. The molecule has 3 heteroatoms. The molecule has 0 spiro atoms. The first-order valence-electron chi connectivity index (χ1n) is 7.47. The van der Waals surface area contributed by atoms with Gasteiger partial charge in [0.2, 0.25) is 0 Å². The van der Waals surface area contributed by atoms with Gasteiger partial charge in [0.15, 0.2) is 0 Å². The van der Waals surface area contributed by atoms with E-state index in [4.69, 9.17) is 4.74 Å². The number of ether oxygens (including phenoxy) is 1. The molecule has 0 saturated carbocycles. The van der Waals surface area contributed by atoms with Gasteiger partial charge < -0.3 is 15.0 Å². The second-order valence-corrected chi connectivity index (χ2v) is 5.57. The topological polar surface area (TPSA) is 24.5 Å². The van der Waals surface area contributed by atoms with E-state index in [0.29, 0.717) is 0 Å². The number of benzene rings is 2. The average molecular weight is 282 g/mol. The Kier molecular flexibility index (Phi) is 4.00. The fraction of sp³-hybridized carbons (Fsp3) is 0.333. The Morgan fingerprint density at radius 3 is 2.71 bits per heavy atom. The molecule has 0 fully saturated rings. The van der Waals surface area contributed by atoms with Crippen LogP contribution in [-0.4, -0.2) is 20.7 Å². The van der Waals surface area contributed by atoms with Crippen molar-refractivity contribution in [2.45, 2.75) is 19.4 Å². The summed E-state index contributed by atoms with van der Waals surface area (Å²) < 4.78 is 5.17. The fourth-order valence-corrected chi connectivity index (χ4v) is 2.86. The van der Waals surface area contributed by atoms with E-state index in [9.17, 15) is 0 Å². The summed E-state index contributed by atoms with van der Waals surface area (Å²) in [7, 11) is 3.86. The summed E-state index contributed by atoms with van der Waals surface area (Å²) in [6.07, 6.45) is 2.44. The maximum atomic E-state index is 5.17. The van der Waals surface area contributed by atoms with Crippen LogP contribution < -0.4 is 15.0 Å². The summed E-state index contributed by atoms with van der Waals surface area (Å²) in [5.41, 5.74) is 5.30. The van der Waals surface area contributed by atoms with E-state index in [1.807, 2.05) is 24.3 Å². The van der Waals surface area contributed by atoms with Crippen molar-refractivity contribution in [1.29, 1.82) is 0 Å². The highest BCUT2D eigenvalue weighted by molar-refractivity contribution is 5.56. The largest absolute Gasteiger partial charge is 0.497 e. The molecule has 0 radical (unpaired) electrons. The van der Waals surface area contributed by atoms with Gasteiger partial charge in [-0.2, -0.15) is 0 Å². The second-order valence-electron chi connectivity index (χ2n) is 5.57. The molecule has 2 aromatic carbocycles. The van der Waals surface area contributed by atoms with Crippen LogP contribution in [0.2, 0.25) is 0 Å². The average Bonchev–Trinajstić information content (AvgIpc) is 2.53. The van der Waals surface area contributed by atoms with Crippen LogP contribution in [0.1, 0.15) is 17.5 Å². The Hall–Kier alpha value is -2.16. The Bertz CT molecular complexity index is 607. The first-order valence-corrected chi connectivity index (χ1v) is 7.47. The second kappa shape index (κ2) is 6.08. The highest BCUT2D eigenvalue weighted by Crippen LogP contribution is 2.27. The maximum absolute atomic E-state index is 5.17. The lowest BCUT2D eigenvalue weighted by Crippen LogP contribution is -2.24. The number of methoxy groups -OCH3 is 1. The molecule has 0 atom stereocenters. The molecule has 0 unspecified atom stereocenters. The van der Waals surface area contributed by atoms with Gasteiger partial charge in [0.05, 0.1) is 7.11 Å². The SMILES string of the molecule is COc1ccc(NCc2ccc3c(c2)CCCN3C)cc1. The normalized spacial score (nSPS) is 13.7. The lowest BCUT2D eigenvalue weighted by Gasteiger charge is -2.27. The lowest BCUT2D eigenvalue weighted by molar-refractivity contribution is 0.415. The summed E-state index contributed by atoms with van der Waals surface area (Å²) in [6, 6.07) is 14.8. The zero-order valence-electron chi connectivity index (χ0n) is 12.7. The van der Waals surface area contributed by atoms with Gasteiger partial charge in [0.1, 0.15) is 5.75 Å². The molecule has 0 saturated heterocycles. The van der Waals surface area contributed by atoms with Crippen molar-refractivity contribution in [2.24, 2.45) is 0 Å². The zero-order valence-corrected chi connectivity index (χ0v) is 12.7. The summed E-state index contributed by atoms with van der Waals surface area (Å²) >= 11 is 0. The van der Waals surface area contributed by atoms with Gasteiger partial charge in [-0.15, -0.1) is 0 Å². The van der Waals surface area contributed by atoms with Gasteiger partial charge in [-0.25, -0.2) is 0 Å². The number of rotatable bonds is 4. The summed E-state index contributed by atoms with van der Waals surface area (Å²) in [4.78, 5) is 2.35. The monoisotopic (exact) mass is 282 g/mol. The number of anilines is 2. The fourth-order valence-electron chi connectivity index (χ4n) is 2.86. The van der Waals surface area contributed by atoms with E-state index in [-0.39, 0.29) is 0 Å². The zero-order chi connectivity index (χ0) is 14.7. The first-order chi connectivity index (χ1) is 10.3. The van der Waals surface area contributed by atoms with E-state index in [1.165, 1.54) is 29.7 Å². The lowest BCUT2D eigenvalue weighted by atomic mass is 9.99. The molecule has 1 heterocycles. The first kappa shape index (κ1) is 13.8. The number of aryl methyl sites for hydroxylation is 1. The molecule has 0 amide bonds. The van der Waals surface area contributed by atoms with Crippen LogP contribution in [0.3, 0.4) is 0 Å². The minimum Gasteiger partial charge on any atom is -0.497 e. The Morgan fingerprint density at radius 2 is 1.95 bits per heavy atom. The van der Waals surface area contributed by atoms with Gasteiger partial charge in [-0.05, 0) is 54.3 Å². The minimum atomic E-state index is 0.851. The van der Waals surface area contributed by atoms with Crippen molar-refractivity contribution in [3.63, 3.8) is 0 Å². The third-order valence-electron chi connectivity index (χ3n) is 4.08. The molecule has 3 rings (SSSR count). The van der Waals surface area contributed by atoms with Crippen molar-refractivity contribution in [1.82, 2.24) is 0 Å². The number of fused-ring (bicyclic) bond motifs is 1. The highest BCUT2D eigenvalue weighted by atomic mass is 16.5. The molecule has 0 aromatic heterocycles. The van der Waals surface area contributed by atoms with Gasteiger partial charge >= 0.3 is 0 Å². The molecule has 1 aliphatic heterocycles. The van der Waals surface area contributed by atoms with Crippen molar-refractivity contribution in [2.75, 3.05) is 30.9 Å². The quantitative estimate of drug-likeness (QED) is 0.925. The molecule has 0 aliphatic carbocycles. The molecule has 1 aliphatic rings.